The summed E-state index contributed by atoms with van der Waals surface area (Å²) in [5.74, 6) is 0.328. The van der Waals surface area contributed by atoms with Crippen LogP contribution in [-0.2, 0) is 0 Å². The first-order valence-corrected chi connectivity index (χ1v) is 4.45. The van der Waals surface area contributed by atoms with E-state index >= 15 is 0 Å². The lowest BCUT2D eigenvalue weighted by molar-refractivity contribution is 0.316. The minimum absolute atomic E-state index is 0.328. The van der Waals surface area contributed by atoms with Crippen molar-refractivity contribution in [3.63, 3.8) is 0 Å². The van der Waals surface area contributed by atoms with Crippen LogP contribution >= 0.6 is 15.9 Å². The third-order valence-corrected chi connectivity index (χ3v) is 1.76. The van der Waals surface area contributed by atoms with Crippen LogP contribution in [0.15, 0.2) is 5.16 Å². The molecule has 0 atom stereocenters. The molecule has 0 heterocycles. The van der Waals surface area contributed by atoms with Gasteiger partial charge in [0.1, 0.15) is 5.84 Å². The van der Waals surface area contributed by atoms with E-state index in [2.05, 4.69) is 21.1 Å². The fourth-order valence-electron chi connectivity index (χ4n) is 0.627. The second kappa shape index (κ2) is 6.86. The maximum Gasteiger partial charge on any atom is 0.139 e. The zero-order valence-electron chi connectivity index (χ0n) is 5.89. The number of hydrogen-bond donors (Lipinski definition) is 2. The molecular weight excluding hydrogens is 196 g/mol. The van der Waals surface area contributed by atoms with E-state index in [-0.39, 0.29) is 0 Å². The molecule has 10 heavy (non-hydrogen) atoms. The molecule has 0 aromatic carbocycles. The first-order valence-electron chi connectivity index (χ1n) is 3.33. The predicted octanol–water partition coefficient (Wildman–Crippen LogP) is 1.69. The molecule has 0 aliphatic heterocycles. The summed E-state index contributed by atoms with van der Waals surface area (Å²) >= 11 is 3.32. The predicted molar refractivity (Wildman–Crippen MR) is 45.7 cm³/mol. The first kappa shape index (κ1) is 9.75. The molecule has 0 aromatic rings. The van der Waals surface area contributed by atoms with Gasteiger partial charge in [0.05, 0.1) is 0 Å². The Morgan fingerprint density at radius 3 is 2.60 bits per heavy atom. The van der Waals surface area contributed by atoms with Gasteiger partial charge >= 0.3 is 0 Å². The number of hydrogen-bond acceptors (Lipinski definition) is 2. The fraction of sp³-hybridized carbons (Fsp3) is 0.833. The van der Waals surface area contributed by atoms with Crippen LogP contribution in [0.4, 0.5) is 0 Å². The van der Waals surface area contributed by atoms with Gasteiger partial charge in [-0.25, -0.2) is 0 Å². The van der Waals surface area contributed by atoms with Gasteiger partial charge < -0.3 is 10.9 Å². The number of unbranched alkanes of at least 4 members (excludes halogenated alkanes) is 2. The highest BCUT2D eigenvalue weighted by atomic mass is 79.9. The summed E-state index contributed by atoms with van der Waals surface area (Å²) in [5, 5.41) is 12.0. The molecule has 0 fully saturated rings. The smallest absolute Gasteiger partial charge is 0.139 e. The molecule has 0 aromatic heterocycles. The summed E-state index contributed by atoms with van der Waals surface area (Å²) in [6, 6.07) is 0. The standard InChI is InChI=1S/C6H13BrN2O/c7-5-3-1-2-4-6(8)9-10/h10H,1-5H2,(H2,8,9). The van der Waals surface area contributed by atoms with E-state index in [0.29, 0.717) is 12.3 Å². The molecule has 0 saturated carbocycles. The monoisotopic (exact) mass is 208 g/mol. The number of oxime groups is 1. The van der Waals surface area contributed by atoms with Gasteiger partial charge in [0.25, 0.3) is 0 Å². The van der Waals surface area contributed by atoms with Crippen molar-refractivity contribution in [3.8, 4) is 0 Å². The fourth-order valence-corrected chi connectivity index (χ4v) is 1.02. The Morgan fingerprint density at radius 2 is 2.10 bits per heavy atom. The van der Waals surface area contributed by atoms with E-state index in [0.717, 1.165) is 24.6 Å². The van der Waals surface area contributed by atoms with Gasteiger partial charge in [0.15, 0.2) is 0 Å². The zero-order chi connectivity index (χ0) is 7.82. The molecule has 0 spiro atoms. The van der Waals surface area contributed by atoms with Crippen LogP contribution in [0.5, 0.6) is 0 Å². The van der Waals surface area contributed by atoms with Crippen molar-refractivity contribution >= 4 is 21.8 Å². The number of nitrogens with zero attached hydrogens (tertiary/aromatic N) is 1. The molecule has 0 radical (unpaired) electrons. The SMILES string of the molecule is NC(CCCCCBr)=NO. The van der Waals surface area contributed by atoms with E-state index in [4.69, 9.17) is 10.9 Å². The molecule has 0 aliphatic carbocycles. The summed E-state index contributed by atoms with van der Waals surface area (Å²) in [5.41, 5.74) is 5.24. The van der Waals surface area contributed by atoms with Crippen molar-refractivity contribution in [1.29, 1.82) is 0 Å². The summed E-state index contributed by atoms with van der Waals surface area (Å²) in [6.07, 6.45) is 3.98. The molecule has 0 bridgehead atoms. The Labute approximate surface area is 69.4 Å². The van der Waals surface area contributed by atoms with Gasteiger partial charge in [-0.1, -0.05) is 27.5 Å². The van der Waals surface area contributed by atoms with Crippen LogP contribution in [-0.4, -0.2) is 16.4 Å². The molecule has 0 saturated heterocycles. The second-order valence-electron chi connectivity index (χ2n) is 2.09. The van der Waals surface area contributed by atoms with Crippen molar-refractivity contribution in [3.05, 3.63) is 0 Å². The van der Waals surface area contributed by atoms with E-state index in [9.17, 15) is 0 Å². The maximum atomic E-state index is 8.15. The van der Waals surface area contributed by atoms with Crippen molar-refractivity contribution in [2.75, 3.05) is 5.33 Å². The highest BCUT2D eigenvalue weighted by molar-refractivity contribution is 9.09. The molecule has 0 unspecified atom stereocenters. The molecule has 0 amide bonds. The number of halogens is 1. The summed E-state index contributed by atoms with van der Waals surface area (Å²) < 4.78 is 0. The van der Waals surface area contributed by atoms with Crippen LogP contribution < -0.4 is 5.73 Å². The van der Waals surface area contributed by atoms with Gasteiger partial charge in [0.2, 0.25) is 0 Å². The van der Waals surface area contributed by atoms with Crippen LogP contribution in [0.25, 0.3) is 0 Å². The normalized spacial score (nSPS) is 11.9. The Morgan fingerprint density at radius 1 is 1.40 bits per heavy atom. The molecule has 0 rings (SSSR count). The quantitative estimate of drug-likeness (QED) is 0.181. The van der Waals surface area contributed by atoms with E-state index in [1.54, 1.807) is 0 Å². The van der Waals surface area contributed by atoms with Crippen LogP contribution in [0.1, 0.15) is 25.7 Å². The highest BCUT2D eigenvalue weighted by Gasteiger charge is 1.92. The van der Waals surface area contributed by atoms with Crippen molar-refractivity contribution in [2.45, 2.75) is 25.7 Å². The lowest BCUT2D eigenvalue weighted by Crippen LogP contribution is -2.10. The van der Waals surface area contributed by atoms with Crippen LogP contribution in [0, 0.1) is 0 Å². The Kier molecular flexibility index (Phi) is 6.69. The van der Waals surface area contributed by atoms with Gasteiger partial charge in [-0.15, -0.1) is 0 Å². The van der Waals surface area contributed by atoms with Gasteiger partial charge in [0, 0.05) is 11.8 Å². The van der Waals surface area contributed by atoms with E-state index in [1.165, 1.54) is 0 Å². The summed E-state index contributed by atoms with van der Waals surface area (Å²) in [6.45, 7) is 0. The van der Waals surface area contributed by atoms with Crippen molar-refractivity contribution in [1.82, 2.24) is 0 Å². The topological polar surface area (TPSA) is 58.6 Å². The average Bonchev–Trinajstić information content (AvgIpc) is 1.98. The van der Waals surface area contributed by atoms with Crippen molar-refractivity contribution in [2.24, 2.45) is 10.9 Å². The Balaban J connectivity index is 3.04. The summed E-state index contributed by atoms with van der Waals surface area (Å²) in [4.78, 5) is 0. The third kappa shape index (κ3) is 5.88. The van der Waals surface area contributed by atoms with Gasteiger partial charge in [-0.05, 0) is 12.8 Å². The van der Waals surface area contributed by atoms with Crippen LogP contribution in [0.2, 0.25) is 0 Å². The molecule has 3 N–H and O–H groups in total. The molecule has 60 valence electrons. The highest BCUT2D eigenvalue weighted by Crippen LogP contribution is 2.01. The molecule has 3 nitrogen and oxygen atoms in total. The number of alkyl halides is 1. The van der Waals surface area contributed by atoms with E-state index < -0.39 is 0 Å². The third-order valence-electron chi connectivity index (χ3n) is 1.19. The minimum Gasteiger partial charge on any atom is -0.409 e. The maximum absolute atomic E-state index is 8.15. The Hall–Kier alpha value is -0.250. The zero-order valence-corrected chi connectivity index (χ0v) is 7.47. The largest absolute Gasteiger partial charge is 0.409 e. The lowest BCUT2D eigenvalue weighted by Gasteiger charge is -1.96. The summed E-state index contributed by atoms with van der Waals surface area (Å²) in [7, 11) is 0. The number of nitrogens with two attached hydrogens (primary N) is 1. The Bertz CT molecular complexity index is 106. The first-order chi connectivity index (χ1) is 4.81. The molecular formula is C6H13BrN2O. The van der Waals surface area contributed by atoms with Gasteiger partial charge in [-0.3, -0.25) is 0 Å². The van der Waals surface area contributed by atoms with Crippen molar-refractivity contribution < 1.29 is 5.21 Å². The average molecular weight is 209 g/mol. The number of amidine groups is 1. The molecule has 4 heteroatoms. The molecule has 0 aliphatic rings. The van der Waals surface area contributed by atoms with Gasteiger partial charge in [-0.2, -0.15) is 0 Å². The number of rotatable bonds is 5. The lowest BCUT2D eigenvalue weighted by atomic mass is 10.2. The van der Waals surface area contributed by atoms with Crippen LogP contribution in [0.3, 0.4) is 0 Å². The second-order valence-corrected chi connectivity index (χ2v) is 2.88. The minimum atomic E-state index is 0.328. The van der Waals surface area contributed by atoms with E-state index in [1.807, 2.05) is 0 Å².